The maximum Gasteiger partial charge on any atom is 0.244 e. The van der Waals surface area contributed by atoms with Gasteiger partial charge in [-0.05, 0) is 43.5 Å². The van der Waals surface area contributed by atoms with Gasteiger partial charge in [0.15, 0.2) is 5.65 Å². The number of fused-ring (bicyclic) bond motifs is 1. The Labute approximate surface area is 157 Å². The number of amides is 1. The topological polar surface area (TPSA) is 99.2 Å². The van der Waals surface area contributed by atoms with Gasteiger partial charge in [-0.15, -0.1) is 0 Å². The number of ether oxygens (including phenoxy) is 1. The molecule has 0 radical (unpaired) electrons. The Hall–Kier alpha value is -3.16. The summed E-state index contributed by atoms with van der Waals surface area (Å²) in [5, 5.41) is 5.32. The first-order chi connectivity index (χ1) is 13.2. The summed E-state index contributed by atoms with van der Waals surface area (Å²) in [6.45, 7) is 1.75. The van der Waals surface area contributed by atoms with E-state index in [0.717, 1.165) is 37.2 Å². The Balaban J connectivity index is 1.73. The molecule has 8 nitrogen and oxygen atoms in total. The predicted octanol–water partition coefficient (Wildman–Crippen LogP) is 2.10. The average Bonchev–Trinajstić information content (AvgIpc) is 3.08. The monoisotopic (exact) mass is 366 g/mol. The third-order valence-corrected chi connectivity index (χ3v) is 4.92. The van der Waals surface area contributed by atoms with Crippen molar-refractivity contribution in [2.75, 3.05) is 25.9 Å². The summed E-state index contributed by atoms with van der Waals surface area (Å²) >= 11 is 0. The van der Waals surface area contributed by atoms with E-state index >= 15 is 0 Å². The molecule has 8 heteroatoms. The smallest absolute Gasteiger partial charge is 0.244 e. The van der Waals surface area contributed by atoms with Crippen LogP contribution in [0.25, 0.3) is 22.3 Å². The molecule has 4 rings (SSSR count). The number of carbonyl (C=O) groups is 1. The van der Waals surface area contributed by atoms with Gasteiger partial charge in [0.2, 0.25) is 5.91 Å². The molecule has 2 aromatic heterocycles. The Bertz CT molecular complexity index is 960. The van der Waals surface area contributed by atoms with Crippen molar-refractivity contribution in [3.8, 4) is 17.0 Å². The fourth-order valence-corrected chi connectivity index (χ4v) is 3.46. The molecule has 1 saturated heterocycles. The molecule has 3 aromatic rings. The van der Waals surface area contributed by atoms with Gasteiger partial charge in [0.25, 0.3) is 0 Å². The van der Waals surface area contributed by atoms with Gasteiger partial charge in [0.1, 0.15) is 30.1 Å². The highest BCUT2D eigenvalue weighted by atomic mass is 16.5. The fourth-order valence-electron chi connectivity index (χ4n) is 3.46. The van der Waals surface area contributed by atoms with Crippen molar-refractivity contribution in [2.24, 2.45) is 0 Å². The van der Waals surface area contributed by atoms with Crippen LogP contribution in [-0.2, 0) is 11.3 Å². The number of nitrogen functional groups attached to an aromatic ring is 1. The number of hydrogen-bond acceptors (Lipinski definition) is 6. The minimum atomic E-state index is 0.0533. The molecule has 1 aliphatic heterocycles. The van der Waals surface area contributed by atoms with Crippen LogP contribution in [0.3, 0.4) is 0 Å². The van der Waals surface area contributed by atoms with E-state index in [0.29, 0.717) is 22.5 Å². The number of nitrogens with two attached hydrogens (primary N) is 1. The van der Waals surface area contributed by atoms with Crippen LogP contribution in [0, 0.1) is 0 Å². The lowest BCUT2D eigenvalue weighted by atomic mass is 10.1. The molecule has 0 unspecified atom stereocenters. The van der Waals surface area contributed by atoms with Gasteiger partial charge in [0.05, 0.1) is 12.5 Å². The van der Waals surface area contributed by atoms with Gasteiger partial charge in [-0.25, -0.2) is 14.6 Å². The summed E-state index contributed by atoms with van der Waals surface area (Å²) in [4.78, 5) is 23.0. The predicted molar refractivity (Wildman–Crippen MR) is 102 cm³/mol. The van der Waals surface area contributed by atoms with Crippen LogP contribution < -0.4 is 10.5 Å². The molecule has 0 atom stereocenters. The first-order valence-electron chi connectivity index (χ1n) is 9.06. The fraction of sp³-hybridized carbons (Fsp3) is 0.368. The molecule has 2 N–H and O–H groups in total. The summed E-state index contributed by atoms with van der Waals surface area (Å²) in [7, 11) is 1.62. The van der Waals surface area contributed by atoms with E-state index in [1.54, 1.807) is 11.8 Å². The minimum Gasteiger partial charge on any atom is -0.497 e. The zero-order valence-electron chi connectivity index (χ0n) is 15.3. The maximum absolute atomic E-state index is 12.7. The molecule has 1 aromatic carbocycles. The van der Waals surface area contributed by atoms with Gasteiger partial charge < -0.3 is 15.4 Å². The van der Waals surface area contributed by atoms with Gasteiger partial charge in [-0.2, -0.15) is 5.10 Å². The second-order valence-corrected chi connectivity index (χ2v) is 6.63. The van der Waals surface area contributed by atoms with Crippen molar-refractivity contribution in [2.45, 2.75) is 25.8 Å². The standard InChI is InChI=1S/C19H22N6O2/c1-27-14-7-5-13(6-8-14)17-16-18(20)21-12-22-19(16)25(23-17)11-15(26)24-9-3-2-4-10-24/h5-8,12H,2-4,9-11H2,1H3,(H2,20,21,22). The largest absolute Gasteiger partial charge is 0.497 e. The SMILES string of the molecule is COc1ccc(-c2nn(CC(=O)N3CCCCC3)c3ncnc(N)c23)cc1. The lowest BCUT2D eigenvalue weighted by molar-refractivity contribution is -0.132. The second-order valence-electron chi connectivity index (χ2n) is 6.63. The summed E-state index contributed by atoms with van der Waals surface area (Å²) in [5.41, 5.74) is 8.21. The van der Waals surface area contributed by atoms with Crippen molar-refractivity contribution < 1.29 is 9.53 Å². The summed E-state index contributed by atoms with van der Waals surface area (Å²) in [5.74, 6) is 1.16. The number of nitrogens with zero attached hydrogens (tertiary/aromatic N) is 5. The summed E-state index contributed by atoms with van der Waals surface area (Å²) < 4.78 is 6.84. The molecule has 27 heavy (non-hydrogen) atoms. The van der Waals surface area contributed by atoms with Crippen molar-refractivity contribution >= 4 is 22.8 Å². The zero-order chi connectivity index (χ0) is 18.8. The Morgan fingerprint density at radius 3 is 2.59 bits per heavy atom. The number of likely N-dealkylation sites (tertiary alicyclic amines) is 1. The number of benzene rings is 1. The van der Waals surface area contributed by atoms with E-state index in [4.69, 9.17) is 10.5 Å². The van der Waals surface area contributed by atoms with Crippen molar-refractivity contribution in [3.05, 3.63) is 30.6 Å². The number of methoxy groups -OCH3 is 1. The molecular formula is C19H22N6O2. The number of hydrogen-bond donors (Lipinski definition) is 1. The zero-order valence-corrected chi connectivity index (χ0v) is 15.3. The van der Waals surface area contributed by atoms with Gasteiger partial charge in [0, 0.05) is 18.7 Å². The first-order valence-corrected chi connectivity index (χ1v) is 9.06. The van der Waals surface area contributed by atoms with E-state index in [1.165, 1.54) is 12.7 Å². The van der Waals surface area contributed by atoms with E-state index in [-0.39, 0.29) is 12.5 Å². The Morgan fingerprint density at radius 1 is 1.15 bits per heavy atom. The molecule has 1 fully saturated rings. The number of rotatable bonds is 4. The average molecular weight is 366 g/mol. The van der Waals surface area contributed by atoms with Gasteiger partial charge >= 0.3 is 0 Å². The highest BCUT2D eigenvalue weighted by Gasteiger charge is 2.21. The van der Waals surface area contributed by atoms with Crippen molar-refractivity contribution in [3.63, 3.8) is 0 Å². The first kappa shape index (κ1) is 17.3. The van der Waals surface area contributed by atoms with Crippen LogP contribution in [0.5, 0.6) is 5.75 Å². The molecule has 0 spiro atoms. The third kappa shape index (κ3) is 3.30. The van der Waals surface area contributed by atoms with Crippen LogP contribution in [-0.4, -0.2) is 50.8 Å². The lowest BCUT2D eigenvalue weighted by Crippen LogP contribution is -2.38. The summed E-state index contributed by atoms with van der Waals surface area (Å²) in [6, 6.07) is 7.53. The normalized spacial score (nSPS) is 14.5. The number of piperidine rings is 1. The van der Waals surface area contributed by atoms with E-state index < -0.39 is 0 Å². The number of anilines is 1. The number of aromatic nitrogens is 4. The van der Waals surface area contributed by atoms with Crippen LogP contribution >= 0.6 is 0 Å². The molecule has 0 aliphatic carbocycles. The molecular weight excluding hydrogens is 344 g/mol. The van der Waals surface area contributed by atoms with Crippen LogP contribution in [0.15, 0.2) is 30.6 Å². The highest BCUT2D eigenvalue weighted by Crippen LogP contribution is 2.31. The van der Waals surface area contributed by atoms with Gasteiger partial charge in [-0.1, -0.05) is 0 Å². The van der Waals surface area contributed by atoms with E-state index in [9.17, 15) is 4.79 Å². The van der Waals surface area contributed by atoms with Crippen LogP contribution in [0.4, 0.5) is 5.82 Å². The quantitative estimate of drug-likeness (QED) is 0.759. The molecule has 1 amide bonds. The molecule has 0 bridgehead atoms. The Kier molecular flexibility index (Phi) is 4.62. The molecule has 140 valence electrons. The van der Waals surface area contributed by atoms with Crippen molar-refractivity contribution in [1.29, 1.82) is 0 Å². The van der Waals surface area contributed by atoms with E-state index in [1.807, 2.05) is 29.2 Å². The lowest BCUT2D eigenvalue weighted by Gasteiger charge is -2.26. The van der Waals surface area contributed by atoms with Gasteiger partial charge in [-0.3, -0.25) is 4.79 Å². The minimum absolute atomic E-state index is 0.0533. The van der Waals surface area contributed by atoms with Crippen LogP contribution in [0.2, 0.25) is 0 Å². The second kappa shape index (κ2) is 7.22. The summed E-state index contributed by atoms with van der Waals surface area (Å²) in [6.07, 6.45) is 4.69. The molecule has 1 aliphatic rings. The number of carbonyl (C=O) groups excluding carboxylic acids is 1. The Morgan fingerprint density at radius 2 is 1.89 bits per heavy atom. The van der Waals surface area contributed by atoms with Crippen molar-refractivity contribution in [1.82, 2.24) is 24.6 Å². The van der Waals surface area contributed by atoms with E-state index in [2.05, 4.69) is 15.1 Å². The third-order valence-electron chi connectivity index (χ3n) is 4.92. The van der Waals surface area contributed by atoms with Crippen LogP contribution in [0.1, 0.15) is 19.3 Å². The maximum atomic E-state index is 12.7. The highest BCUT2D eigenvalue weighted by molar-refractivity contribution is 5.98. The molecule has 3 heterocycles. The molecule has 0 saturated carbocycles.